The molecule has 23 heavy (non-hydrogen) atoms. The summed E-state index contributed by atoms with van der Waals surface area (Å²) in [6.07, 6.45) is 7.34. The lowest BCUT2D eigenvalue weighted by molar-refractivity contribution is -0.157. The molecular weight excluding hydrogens is 292 g/mol. The molecule has 4 fully saturated rings. The number of carbonyl (C=O) groups is 1. The summed E-state index contributed by atoms with van der Waals surface area (Å²) in [4.78, 5) is 13.9. The lowest BCUT2D eigenvalue weighted by atomic mass is 9.68. The van der Waals surface area contributed by atoms with Crippen LogP contribution in [0.15, 0.2) is 0 Å². The number of rotatable bonds is 5. The van der Waals surface area contributed by atoms with Gasteiger partial charge >= 0.3 is 5.97 Å². The van der Waals surface area contributed by atoms with Crippen molar-refractivity contribution in [1.82, 2.24) is 10.2 Å². The fourth-order valence-corrected chi connectivity index (χ4v) is 4.75. The van der Waals surface area contributed by atoms with Crippen LogP contribution >= 0.6 is 0 Å². The van der Waals surface area contributed by atoms with Gasteiger partial charge in [0.25, 0.3) is 0 Å². The Hall–Kier alpha value is -0.650. The van der Waals surface area contributed by atoms with Crippen LogP contribution in [0.4, 0.5) is 0 Å². The summed E-state index contributed by atoms with van der Waals surface area (Å²) in [5, 5.41) is 13.2. The van der Waals surface area contributed by atoms with Crippen molar-refractivity contribution in [2.75, 3.05) is 26.2 Å². The Morgan fingerprint density at radius 1 is 1.30 bits per heavy atom. The van der Waals surface area contributed by atoms with Crippen molar-refractivity contribution in [1.29, 1.82) is 0 Å². The van der Waals surface area contributed by atoms with E-state index in [1.54, 1.807) is 0 Å². The highest BCUT2D eigenvalue weighted by molar-refractivity contribution is 5.76. The molecule has 2 heterocycles. The Kier molecular flexibility index (Phi) is 3.94. The Morgan fingerprint density at radius 2 is 2.00 bits per heavy atom. The lowest BCUT2D eigenvalue weighted by Crippen LogP contribution is -2.52. The van der Waals surface area contributed by atoms with E-state index >= 15 is 0 Å². The molecule has 0 radical (unpaired) electrons. The average molecular weight is 322 g/mol. The molecular formula is C18H30N2O3. The van der Waals surface area contributed by atoms with E-state index in [9.17, 15) is 9.90 Å². The molecule has 0 aromatic carbocycles. The van der Waals surface area contributed by atoms with Gasteiger partial charge in [0.05, 0.1) is 17.6 Å². The number of ether oxygens (including phenoxy) is 1. The lowest BCUT2D eigenvalue weighted by Gasteiger charge is -2.45. The van der Waals surface area contributed by atoms with Gasteiger partial charge in [-0.25, -0.2) is 0 Å². The van der Waals surface area contributed by atoms with Crippen molar-refractivity contribution >= 4 is 5.97 Å². The molecule has 1 unspecified atom stereocenters. The number of carboxylic acids is 1. The van der Waals surface area contributed by atoms with Crippen LogP contribution in [0.5, 0.6) is 0 Å². The number of nitrogens with one attached hydrogen (secondary N) is 1. The Bertz CT molecular complexity index is 469. The first-order valence-electron chi connectivity index (χ1n) is 9.36. The predicted octanol–water partition coefficient (Wildman–Crippen LogP) is 1.86. The molecule has 2 aliphatic heterocycles. The van der Waals surface area contributed by atoms with Crippen molar-refractivity contribution in [3.05, 3.63) is 0 Å². The van der Waals surface area contributed by atoms with Gasteiger partial charge in [0.2, 0.25) is 0 Å². The standard InChI is InChI=1S/C18H30N2O3/c1-13-9-15(13)19-14-10-18(23-11-14)5-7-20(8-6-18)12-17(16(21)22)3-2-4-17/h13-15,19H,2-12H2,1H3,(H,21,22)/t13-,14?,15-/m1/s1. The summed E-state index contributed by atoms with van der Waals surface area (Å²) in [5.74, 6) is 0.243. The second-order valence-electron chi connectivity index (χ2n) is 8.60. The molecule has 2 aliphatic carbocycles. The zero-order valence-corrected chi connectivity index (χ0v) is 14.2. The van der Waals surface area contributed by atoms with Crippen LogP contribution in [0.1, 0.15) is 51.9 Å². The fraction of sp³-hybridized carbons (Fsp3) is 0.944. The first kappa shape index (κ1) is 15.9. The van der Waals surface area contributed by atoms with Crippen LogP contribution < -0.4 is 5.32 Å². The van der Waals surface area contributed by atoms with Gasteiger partial charge in [-0.3, -0.25) is 4.79 Å². The summed E-state index contributed by atoms with van der Waals surface area (Å²) < 4.78 is 6.22. The van der Waals surface area contributed by atoms with Crippen LogP contribution in [-0.4, -0.2) is 59.9 Å². The van der Waals surface area contributed by atoms with Crippen LogP contribution in [0, 0.1) is 11.3 Å². The molecule has 3 atom stereocenters. The van der Waals surface area contributed by atoms with Crippen LogP contribution in [0.3, 0.4) is 0 Å². The van der Waals surface area contributed by atoms with Gasteiger partial charge < -0.3 is 20.1 Å². The molecule has 0 bridgehead atoms. The third-order valence-corrected chi connectivity index (χ3v) is 6.83. The minimum absolute atomic E-state index is 0.0578. The molecule has 2 N–H and O–H groups in total. The summed E-state index contributed by atoms with van der Waals surface area (Å²) in [5.41, 5.74) is -0.393. The first-order chi connectivity index (χ1) is 11.0. The van der Waals surface area contributed by atoms with Gasteiger partial charge in [0, 0.05) is 31.7 Å². The number of piperidine rings is 1. The van der Waals surface area contributed by atoms with Crippen molar-refractivity contribution in [2.45, 2.75) is 69.6 Å². The second kappa shape index (κ2) is 5.71. The highest BCUT2D eigenvalue weighted by atomic mass is 16.5. The van der Waals surface area contributed by atoms with Gasteiger partial charge in [0.15, 0.2) is 0 Å². The van der Waals surface area contributed by atoms with E-state index in [0.29, 0.717) is 12.1 Å². The normalized spacial score (nSPS) is 38.4. The maximum Gasteiger partial charge on any atom is 0.310 e. The number of nitrogens with zero attached hydrogens (tertiary/aromatic N) is 1. The van der Waals surface area contributed by atoms with E-state index in [0.717, 1.165) is 70.7 Å². The van der Waals surface area contributed by atoms with Crippen molar-refractivity contribution in [3.63, 3.8) is 0 Å². The average Bonchev–Trinajstić information content (AvgIpc) is 3.02. The zero-order valence-electron chi connectivity index (χ0n) is 14.2. The quantitative estimate of drug-likeness (QED) is 0.809. The molecule has 5 nitrogen and oxygen atoms in total. The van der Waals surface area contributed by atoms with Gasteiger partial charge in [-0.05, 0) is 44.4 Å². The maximum absolute atomic E-state index is 11.5. The van der Waals surface area contributed by atoms with Crippen molar-refractivity contribution in [2.24, 2.45) is 11.3 Å². The maximum atomic E-state index is 11.5. The summed E-state index contributed by atoms with van der Waals surface area (Å²) in [7, 11) is 0. The Balaban J connectivity index is 1.27. The third kappa shape index (κ3) is 3.03. The smallest absolute Gasteiger partial charge is 0.310 e. The fourth-order valence-electron chi connectivity index (χ4n) is 4.75. The second-order valence-corrected chi connectivity index (χ2v) is 8.60. The minimum Gasteiger partial charge on any atom is -0.481 e. The summed E-state index contributed by atoms with van der Waals surface area (Å²) in [6.45, 7) is 5.87. The number of likely N-dealkylation sites (tertiary alicyclic amines) is 1. The first-order valence-corrected chi connectivity index (χ1v) is 9.36. The zero-order chi connectivity index (χ0) is 16.1. The molecule has 2 saturated carbocycles. The number of hydrogen-bond acceptors (Lipinski definition) is 4. The van der Waals surface area contributed by atoms with E-state index in [4.69, 9.17) is 4.74 Å². The molecule has 5 heteroatoms. The van der Waals surface area contributed by atoms with Crippen LogP contribution in [0.2, 0.25) is 0 Å². The Labute approximate surface area is 138 Å². The van der Waals surface area contributed by atoms with E-state index in [2.05, 4.69) is 17.1 Å². The number of hydrogen-bond donors (Lipinski definition) is 2. The van der Waals surface area contributed by atoms with E-state index in [1.807, 2.05) is 0 Å². The van der Waals surface area contributed by atoms with E-state index < -0.39 is 11.4 Å². The molecule has 4 aliphatic rings. The summed E-state index contributed by atoms with van der Waals surface area (Å²) in [6, 6.07) is 1.24. The van der Waals surface area contributed by atoms with E-state index in [1.165, 1.54) is 6.42 Å². The predicted molar refractivity (Wildman–Crippen MR) is 87.4 cm³/mol. The SMILES string of the molecule is C[C@@H]1C[C@H]1NC1COC2(CCN(CC3(C(=O)O)CCC3)CC2)C1. The largest absolute Gasteiger partial charge is 0.481 e. The highest BCUT2D eigenvalue weighted by Crippen LogP contribution is 2.44. The van der Waals surface area contributed by atoms with Gasteiger partial charge in [0.1, 0.15) is 0 Å². The van der Waals surface area contributed by atoms with E-state index in [-0.39, 0.29) is 5.60 Å². The van der Waals surface area contributed by atoms with Crippen LogP contribution in [0.25, 0.3) is 0 Å². The Morgan fingerprint density at radius 3 is 2.52 bits per heavy atom. The summed E-state index contributed by atoms with van der Waals surface area (Å²) >= 11 is 0. The monoisotopic (exact) mass is 322 g/mol. The third-order valence-electron chi connectivity index (χ3n) is 6.83. The number of aliphatic carboxylic acids is 1. The van der Waals surface area contributed by atoms with Gasteiger partial charge in [-0.15, -0.1) is 0 Å². The van der Waals surface area contributed by atoms with Gasteiger partial charge in [-0.1, -0.05) is 13.3 Å². The molecule has 4 rings (SSSR count). The minimum atomic E-state index is -0.594. The van der Waals surface area contributed by atoms with Crippen molar-refractivity contribution < 1.29 is 14.6 Å². The van der Waals surface area contributed by atoms with Crippen LogP contribution in [-0.2, 0) is 9.53 Å². The van der Waals surface area contributed by atoms with Gasteiger partial charge in [-0.2, -0.15) is 0 Å². The molecule has 0 amide bonds. The molecule has 0 aromatic rings. The van der Waals surface area contributed by atoms with Crippen molar-refractivity contribution in [3.8, 4) is 0 Å². The number of carboxylic acid groups (broad SMARTS) is 1. The molecule has 2 saturated heterocycles. The highest BCUT2D eigenvalue weighted by Gasteiger charge is 2.48. The molecule has 1 spiro atoms. The molecule has 130 valence electrons. The molecule has 0 aromatic heterocycles. The topological polar surface area (TPSA) is 61.8 Å².